The van der Waals surface area contributed by atoms with Crippen molar-refractivity contribution >= 4 is 29.3 Å². The zero-order valence-corrected chi connectivity index (χ0v) is 12.6. The molecule has 0 bridgehead atoms. The van der Waals surface area contributed by atoms with Crippen LogP contribution in [0.25, 0.3) is 0 Å². The Hall–Kier alpha value is -2.53. The van der Waals surface area contributed by atoms with E-state index in [9.17, 15) is 9.59 Å². The van der Waals surface area contributed by atoms with Crippen LogP contribution >= 0.6 is 11.8 Å². The molecule has 0 unspecified atom stereocenters. The van der Waals surface area contributed by atoms with E-state index in [2.05, 4.69) is 5.32 Å². The first-order chi connectivity index (χ1) is 10.7. The van der Waals surface area contributed by atoms with Gasteiger partial charge in [0.2, 0.25) is 0 Å². The van der Waals surface area contributed by atoms with E-state index in [0.717, 1.165) is 4.90 Å². The van der Waals surface area contributed by atoms with Gasteiger partial charge in [0.05, 0.1) is 0 Å². The molecule has 5 heteroatoms. The fraction of sp³-hybridized carbons (Fsp3) is 0.0588. The first-order valence-electron chi connectivity index (χ1n) is 6.64. The van der Waals surface area contributed by atoms with E-state index >= 15 is 0 Å². The summed E-state index contributed by atoms with van der Waals surface area (Å²) in [6, 6.07) is 18.6. The summed E-state index contributed by atoms with van der Waals surface area (Å²) in [5.41, 5.74) is 0.665. The maximum Gasteiger partial charge on any atom is 0.331 e. The number of amides is 1. The molecule has 0 aliphatic heterocycles. The first kappa shape index (κ1) is 15.9. The summed E-state index contributed by atoms with van der Waals surface area (Å²) in [5, 5.41) is 4.27. The van der Waals surface area contributed by atoms with E-state index in [1.807, 2.05) is 48.5 Å². The molecule has 0 spiro atoms. The van der Waals surface area contributed by atoms with Crippen molar-refractivity contribution in [3.05, 3.63) is 72.1 Å². The number of thioether (sulfide) groups is 1. The van der Waals surface area contributed by atoms with Gasteiger partial charge in [-0.1, -0.05) is 48.2 Å². The highest BCUT2D eigenvalue weighted by atomic mass is 32.2. The molecule has 22 heavy (non-hydrogen) atoms. The molecule has 2 aromatic rings. The molecule has 0 aliphatic carbocycles. The molecular weight excluding hydrogens is 298 g/mol. The van der Waals surface area contributed by atoms with E-state index in [1.54, 1.807) is 17.5 Å². The molecule has 0 aromatic heterocycles. The Labute approximate surface area is 133 Å². The van der Waals surface area contributed by atoms with Crippen LogP contribution in [0.2, 0.25) is 0 Å². The van der Waals surface area contributed by atoms with Crippen LogP contribution in [-0.2, 0) is 14.3 Å². The Kier molecular flexibility index (Phi) is 6.26. The molecule has 2 rings (SSSR count). The van der Waals surface area contributed by atoms with Gasteiger partial charge in [0.15, 0.2) is 6.61 Å². The van der Waals surface area contributed by atoms with Gasteiger partial charge in [0.25, 0.3) is 5.91 Å². The number of para-hydroxylation sites is 1. The number of carbonyl (C=O) groups excluding carboxylic acids is 2. The van der Waals surface area contributed by atoms with Crippen LogP contribution in [0.3, 0.4) is 0 Å². The number of hydrogen-bond acceptors (Lipinski definition) is 4. The van der Waals surface area contributed by atoms with Crippen molar-refractivity contribution in [2.24, 2.45) is 0 Å². The highest BCUT2D eigenvalue weighted by molar-refractivity contribution is 8.02. The van der Waals surface area contributed by atoms with Gasteiger partial charge in [0.1, 0.15) is 0 Å². The number of carbonyl (C=O) groups is 2. The number of esters is 1. The minimum Gasteiger partial charge on any atom is -0.452 e. The van der Waals surface area contributed by atoms with Gasteiger partial charge in [-0.05, 0) is 29.7 Å². The Morgan fingerprint density at radius 2 is 1.64 bits per heavy atom. The number of rotatable bonds is 6. The largest absolute Gasteiger partial charge is 0.452 e. The molecule has 0 radical (unpaired) electrons. The number of nitrogens with one attached hydrogen (secondary N) is 1. The van der Waals surface area contributed by atoms with Crippen LogP contribution in [-0.4, -0.2) is 18.5 Å². The van der Waals surface area contributed by atoms with Crippen LogP contribution < -0.4 is 5.32 Å². The molecule has 1 amide bonds. The maximum absolute atomic E-state index is 11.6. The smallest absolute Gasteiger partial charge is 0.331 e. The lowest BCUT2D eigenvalue weighted by molar-refractivity contribution is -0.142. The Bertz CT molecular complexity index is 641. The Balaban J connectivity index is 1.70. The minimum absolute atomic E-state index is 0.311. The predicted molar refractivity (Wildman–Crippen MR) is 87.5 cm³/mol. The van der Waals surface area contributed by atoms with Crippen LogP contribution in [0.15, 0.2) is 77.0 Å². The third-order valence-corrected chi connectivity index (χ3v) is 3.37. The summed E-state index contributed by atoms with van der Waals surface area (Å²) in [5.74, 6) is -0.921. The quantitative estimate of drug-likeness (QED) is 0.504. The number of benzene rings is 2. The second kappa shape index (κ2) is 8.69. The molecule has 0 atom stereocenters. The SMILES string of the molecule is O=C(COC(=O)/C=C/Sc1ccccc1)Nc1ccccc1. The maximum atomic E-state index is 11.6. The zero-order valence-electron chi connectivity index (χ0n) is 11.8. The molecule has 4 nitrogen and oxygen atoms in total. The number of hydrogen-bond donors (Lipinski definition) is 1. The van der Waals surface area contributed by atoms with Gasteiger partial charge in [-0.2, -0.15) is 0 Å². The Morgan fingerprint density at radius 3 is 2.32 bits per heavy atom. The van der Waals surface area contributed by atoms with E-state index in [-0.39, 0.29) is 12.5 Å². The molecule has 2 aromatic carbocycles. The van der Waals surface area contributed by atoms with Crippen molar-refractivity contribution in [1.29, 1.82) is 0 Å². The summed E-state index contributed by atoms with van der Waals surface area (Å²) in [6.07, 6.45) is 1.30. The second-order valence-electron chi connectivity index (χ2n) is 4.26. The first-order valence-corrected chi connectivity index (χ1v) is 7.52. The average molecular weight is 313 g/mol. The average Bonchev–Trinajstić information content (AvgIpc) is 2.55. The molecular formula is C17H15NO3S. The lowest BCUT2D eigenvalue weighted by Crippen LogP contribution is -2.20. The van der Waals surface area contributed by atoms with Crippen LogP contribution in [0.5, 0.6) is 0 Å². The Morgan fingerprint density at radius 1 is 1.00 bits per heavy atom. The van der Waals surface area contributed by atoms with Gasteiger partial charge >= 0.3 is 5.97 Å². The predicted octanol–water partition coefficient (Wildman–Crippen LogP) is 3.47. The number of anilines is 1. The van der Waals surface area contributed by atoms with Crippen molar-refractivity contribution in [3.63, 3.8) is 0 Å². The molecule has 0 heterocycles. The monoisotopic (exact) mass is 313 g/mol. The van der Waals surface area contributed by atoms with Crippen LogP contribution in [0.1, 0.15) is 0 Å². The summed E-state index contributed by atoms with van der Waals surface area (Å²) in [7, 11) is 0. The van der Waals surface area contributed by atoms with Crippen molar-refractivity contribution in [2.75, 3.05) is 11.9 Å². The minimum atomic E-state index is -0.549. The summed E-state index contributed by atoms with van der Waals surface area (Å²) >= 11 is 1.40. The van der Waals surface area contributed by atoms with Gasteiger partial charge in [-0.3, -0.25) is 4.79 Å². The highest BCUT2D eigenvalue weighted by Gasteiger charge is 2.05. The number of ether oxygens (including phenoxy) is 1. The van der Waals surface area contributed by atoms with Gasteiger partial charge in [-0.15, -0.1) is 0 Å². The van der Waals surface area contributed by atoms with E-state index in [0.29, 0.717) is 5.69 Å². The highest BCUT2D eigenvalue weighted by Crippen LogP contribution is 2.17. The topological polar surface area (TPSA) is 55.4 Å². The summed E-state index contributed by atoms with van der Waals surface area (Å²) in [6.45, 7) is -0.311. The molecule has 0 saturated carbocycles. The van der Waals surface area contributed by atoms with Crippen LogP contribution in [0.4, 0.5) is 5.69 Å². The van der Waals surface area contributed by atoms with Gasteiger partial charge in [-0.25, -0.2) is 4.79 Å². The van der Waals surface area contributed by atoms with Gasteiger partial charge < -0.3 is 10.1 Å². The fourth-order valence-corrected chi connectivity index (χ4v) is 2.22. The molecule has 1 N–H and O–H groups in total. The molecule has 112 valence electrons. The van der Waals surface area contributed by atoms with E-state index in [1.165, 1.54) is 17.8 Å². The third-order valence-electron chi connectivity index (χ3n) is 2.55. The second-order valence-corrected chi connectivity index (χ2v) is 5.23. The normalized spacial score (nSPS) is 10.4. The van der Waals surface area contributed by atoms with Crippen molar-refractivity contribution in [1.82, 2.24) is 0 Å². The van der Waals surface area contributed by atoms with Crippen molar-refractivity contribution in [2.45, 2.75) is 4.90 Å². The lowest BCUT2D eigenvalue weighted by atomic mass is 10.3. The molecule has 0 saturated heterocycles. The standard InChI is InChI=1S/C17H15NO3S/c19-16(18-14-7-3-1-4-8-14)13-21-17(20)11-12-22-15-9-5-2-6-10-15/h1-12H,13H2,(H,18,19)/b12-11+. The zero-order chi connectivity index (χ0) is 15.6. The summed E-state index contributed by atoms with van der Waals surface area (Å²) in [4.78, 5) is 24.1. The fourth-order valence-electron chi connectivity index (χ4n) is 1.57. The van der Waals surface area contributed by atoms with Crippen molar-refractivity contribution < 1.29 is 14.3 Å². The van der Waals surface area contributed by atoms with E-state index < -0.39 is 5.97 Å². The molecule has 0 fully saturated rings. The summed E-state index contributed by atoms with van der Waals surface area (Å²) < 4.78 is 4.86. The molecule has 0 aliphatic rings. The van der Waals surface area contributed by atoms with Gasteiger partial charge in [0, 0.05) is 16.7 Å². The van der Waals surface area contributed by atoms with Crippen molar-refractivity contribution in [3.8, 4) is 0 Å². The third kappa shape index (κ3) is 5.85. The lowest BCUT2D eigenvalue weighted by Gasteiger charge is -2.04. The van der Waals surface area contributed by atoms with E-state index in [4.69, 9.17) is 4.74 Å². The van der Waals surface area contributed by atoms with Crippen LogP contribution in [0, 0.1) is 0 Å².